The van der Waals surface area contributed by atoms with Gasteiger partial charge >= 0.3 is 0 Å². The van der Waals surface area contributed by atoms with Gasteiger partial charge in [-0.25, -0.2) is 0 Å². The average molecular weight is 398 g/mol. The molecule has 1 aliphatic rings. The lowest BCUT2D eigenvalue weighted by Crippen LogP contribution is -2.41. The van der Waals surface area contributed by atoms with Gasteiger partial charge in [0.25, 0.3) is 5.91 Å². The summed E-state index contributed by atoms with van der Waals surface area (Å²) in [5, 5.41) is 5.66. The van der Waals surface area contributed by atoms with Crippen LogP contribution in [0.3, 0.4) is 0 Å². The Labute approximate surface area is 169 Å². The Balaban J connectivity index is 1.59. The van der Waals surface area contributed by atoms with E-state index in [2.05, 4.69) is 15.6 Å². The predicted octanol–water partition coefficient (Wildman–Crippen LogP) is 2.36. The fourth-order valence-corrected chi connectivity index (χ4v) is 3.50. The van der Waals surface area contributed by atoms with Crippen LogP contribution in [0.5, 0.6) is 0 Å². The Kier molecular flexibility index (Phi) is 6.46. The molecule has 3 rings (SSSR count). The Morgan fingerprint density at radius 1 is 1.03 bits per heavy atom. The molecule has 2 heterocycles. The van der Waals surface area contributed by atoms with Gasteiger partial charge in [-0.15, -0.1) is 0 Å². The highest BCUT2D eigenvalue weighted by Crippen LogP contribution is 2.20. The SMILES string of the molecule is CC(=O)c1c(C)[nH]c(C(=O)Nc2ccc(NC(=O)CN3CCOCC3)cc2)c1C. The molecular weight excluding hydrogens is 372 g/mol. The molecule has 1 fully saturated rings. The second-order valence-electron chi connectivity index (χ2n) is 7.15. The standard InChI is InChI=1S/C21H26N4O4/c1-13-19(15(3)26)14(2)22-20(13)21(28)24-17-6-4-16(5-7-17)23-18(27)12-25-8-10-29-11-9-25/h4-7,22H,8-12H2,1-3H3,(H,23,27)(H,24,28). The van der Waals surface area contributed by atoms with E-state index in [-0.39, 0.29) is 17.6 Å². The lowest BCUT2D eigenvalue weighted by Gasteiger charge is -2.25. The van der Waals surface area contributed by atoms with Gasteiger partial charge in [0.2, 0.25) is 5.91 Å². The summed E-state index contributed by atoms with van der Waals surface area (Å²) in [6.45, 7) is 8.13. The van der Waals surface area contributed by atoms with E-state index >= 15 is 0 Å². The van der Waals surface area contributed by atoms with E-state index in [0.717, 1.165) is 13.1 Å². The van der Waals surface area contributed by atoms with Crippen molar-refractivity contribution in [3.05, 3.63) is 46.8 Å². The summed E-state index contributed by atoms with van der Waals surface area (Å²) in [7, 11) is 0. The molecule has 0 aliphatic carbocycles. The Morgan fingerprint density at radius 2 is 1.62 bits per heavy atom. The topological polar surface area (TPSA) is 104 Å². The first-order valence-electron chi connectivity index (χ1n) is 9.56. The minimum Gasteiger partial charge on any atom is -0.379 e. The van der Waals surface area contributed by atoms with Crippen LogP contribution >= 0.6 is 0 Å². The molecule has 0 atom stereocenters. The number of ketones is 1. The summed E-state index contributed by atoms with van der Waals surface area (Å²) in [4.78, 5) is 41.5. The smallest absolute Gasteiger partial charge is 0.272 e. The van der Waals surface area contributed by atoms with Crippen LogP contribution in [0.2, 0.25) is 0 Å². The van der Waals surface area contributed by atoms with Crippen LogP contribution in [-0.4, -0.2) is 60.3 Å². The van der Waals surface area contributed by atoms with Gasteiger partial charge in [0.1, 0.15) is 5.69 Å². The first kappa shape index (κ1) is 20.8. The number of nitrogens with zero attached hydrogens (tertiary/aromatic N) is 1. The van der Waals surface area contributed by atoms with Crippen LogP contribution in [0, 0.1) is 13.8 Å². The molecular formula is C21H26N4O4. The maximum atomic E-state index is 12.6. The van der Waals surface area contributed by atoms with Gasteiger partial charge in [-0.1, -0.05) is 0 Å². The summed E-state index contributed by atoms with van der Waals surface area (Å²) in [6, 6.07) is 6.92. The number of benzene rings is 1. The van der Waals surface area contributed by atoms with Crippen molar-refractivity contribution in [1.82, 2.24) is 9.88 Å². The lowest BCUT2D eigenvalue weighted by atomic mass is 10.1. The molecule has 8 heteroatoms. The zero-order chi connectivity index (χ0) is 21.0. The number of rotatable bonds is 6. The number of Topliss-reactive ketones (excluding diaryl/α,β-unsaturated/α-hetero) is 1. The fraction of sp³-hybridized carbons (Fsp3) is 0.381. The van der Waals surface area contributed by atoms with Gasteiger partial charge in [0.15, 0.2) is 5.78 Å². The van der Waals surface area contributed by atoms with Crippen LogP contribution in [-0.2, 0) is 9.53 Å². The molecule has 1 aliphatic heterocycles. The molecule has 0 unspecified atom stereocenters. The molecule has 2 amide bonds. The van der Waals surface area contributed by atoms with E-state index in [1.54, 1.807) is 38.1 Å². The van der Waals surface area contributed by atoms with Crippen molar-refractivity contribution in [2.75, 3.05) is 43.5 Å². The summed E-state index contributed by atoms with van der Waals surface area (Å²) < 4.78 is 5.28. The number of hydrogen-bond acceptors (Lipinski definition) is 5. The van der Waals surface area contributed by atoms with Crippen LogP contribution < -0.4 is 10.6 Å². The summed E-state index contributed by atoms with van der Waals surface area (Å²) in [5.74, 6) is -0.479. The third-order valence-corrected chi connectivity index (χ3v) is 4.91. The predicted molar refractivity (Wildman–Crippen MR) is 111 cm³/mol. The van der Waals surface area contributed by atoms with E-state index in [0.29, 0.717) is 53.6 Å². The summed E-state index contributed by atoms with van der Waals surface area (Å²) >= 11 is 0. The number of hydrogen-bond donors (Lipinski definition) is 3. The maximum Gasteiger partial charge on any atom is 0.272 e. The molecule has 29 heavy (non-hydrogen) atoms. The molecule has 2 aromatic rings. The number of morpholine rings is 1. The van der Waals surface area contributed by atoms with Crippen molar-refractivity contribution >= 4 is 29.0 Å². The zero-order valence-electron chi connectivity index (χ0n) is 16.9. The first-order valence-corrected chi connectivity index (χ1v) is 9.56. The monoisotopic (exact) mass is 398 g/mol. The molecule has 3 N–H and O–H groups in total. The second-order valence-corrected chi connectivity index (χ2v) is 7.15. The average Bonchev–Trinajstić information content (AvgIpc) is 2.98. The van der Waals surface area contributed by atoms with E-state index in [1.807, 2.05) is 4.90 Å². The Bertz CT molecular complexity index is 912. The number of anilines is 2. The van der Waals surface area contributed by atoms with Crippen molar-refractivity contribution in [2.24, 2.45) is 0 Å². The second kappa shape index (κ2) is 9.02. The quantitative estimate of drug-likeness (QED) is 0.648. The minimum absolute atomic E-state index is 0.0764. The van der Waals surface area contributed by atoms with E-state index < -0.39 is 0 Å². The molecule has 0 spiro atoms. The third kappa shape index (κ3) is 5.10. The third-order valence-electron chi connectivity index (χ3n) is 4.91. The van der Waals surface area contributed by atoms with Crippen LogP contribution in [0.25, 0.3) is 0 Å². The Hall–Kier alpha value is -2.97. The Morgan fingerprint density at radius 3 is 2.17 bits per heavy atom. The van der Waals surface area contributed by atoms with Crippen LogP contribution in [0.4, 0.5) is 11.4 Å². The highest BCUT2D eigenvalue weighted by molar-refractivity contribution is 6.07. The molecule has 1 aromatic heterocycles. The number of aromatic amines is 1. The first-order chi connectivity index (χ1) is 13.8. The minimum atomic E-state index is -0.317. The van der Waals surface area contributed by atoms with E-state index in [4.69, 9.17) is 4.74 Å². The molecule has 0 saturated carbocycles. The van der Waals surface area contributed by atoms with Crippen molar-refractivity contribution in [3.8, 4) is 0 Å². The van der Waals surface area contributed by atoms with Gasteiger partial charge < -0.3 is 20.4 Å². The normalized spacial score (nSPS) is 14.4. The highest BCUT2D eigenvalue weighted by atomic mass is 16.5. The molecule has 1 saturated heterocycles. The number of aromatic nitrogens is 1. The molecule has 0 radical (unpaired) electrons. The van der Waals surface area contributed by atoms with Gasteiger partial charge in [-0.2, -0.15) is 0 Å². The highest BCUT2D eigenvalue weighted by Gasteiger charge is 2.20. The van der Waals surface area contributed by atoms with Crippen LogP contribution in [0.1, 0.15) is 39.0 Å². The van der Waals surface area contributed by atoms with Gasteiger partial charge in [0.05, 0.1) is 19.8 Å². The number of H-pyrrole nitrogens is 1. The van der Waals surface area contributed by atoms with Gasteiger partial charge in [-0.3, -0.25) is 19.3 Å². The summed E-state index contributed by atoms with van der Waals surface area (Å²) in [6.07, 6.45) is 0. The molecule has 154 valence electrons. The zero-order valence-corrected chi connectivity index (χ0v) is 16.9. The largest absolute Gasteiger partial charge is 0.379 e. The van der Waals surface area contributed by atoms with Crippen molar-refractivity contribution in [1.29, 1.82) is 0 Å². The number of ether oxygens (including phenoxy) is 1. The number of carbonyl (C=O) groups excluding carboxylic acids is 3. The number of aryl methyl sites for hydroxylation is 1. The lowest BCUT2D eigenvalue weighted by molar-refractivity contribution is -0.118. The summed E-state index contributed by atoms with van der Waals surface area (Å²) in [5.41, 5.74) is 3.49. The van der Waals surface area contributed by atoms with Crippen molar-refractivity contribution < 1.29 is 19.1 Å². The molecule has 1 aromatic carbocycles. The fourth-order valence-electron chi connectivity index (χ4n) is 3.50. The van der Waals surface area contributed by atoms with Gasteiger partial charge in [0, 0.05) is 35.7 Å². The number of amides is 2. The number of carbonyl (C=O) groups is 3. The number of nitrogens with one attached hydrogen (secondary N) is 3. The van der Waals surface area contributed by atoms with Crippen molar-refractivity contribution in [2.45, 2.75) is 20.8 Å². The molecule has 8 nitrogen and oxygen atoms in total. The maximum absolute atomic E-state index is 12.6. The van der Waals surface area contributed by atoms with E-state index in [1.165, 1.54) is 6.92 Å². The van der Waals surface area contributed by atoms with Gasteiger partial charge in [-0.05, 0) is 50.6 Å². The van der Waals surface area contributed by atoms with Crippen LogP contribution in [0.15, 0.2) is 24.3 Å². The van der Waals surface area contributed by atoms with E-state index in [9.17, 15) is 14.4 Å². The van der Waals surface area contributed by atoms with Crippen molar-refractivity contribution in [3.63, 3.8) is 0 Å². The molecule has 0 bridgehead atoms.